The number of aromatic nitrogens is 1. The van der Waals surface area contributed by atoms with Crippen LogP contribution in [0.15, 0.2) is 12.3 Å². The molecule has 0 bridgehead atoms. The molecule has 0 atom stereocenters. The summed E-state index contributed by atoms with van der Waals surface area (Å²) in [4.78, 5) is 14.3. The molecular weight excluding hydrogens is 174 g/mol. The van der Waals surface area contributed by atoms with Crippen molar-refractivity contribution in [3.05, 3.63) is 17.8 Å². The molecule has 2 heterocycles. The van der Waals surface area contributed by atoms with Gasteiger partial charge in [0.1, 0.15) is 0 Å². The molecule has 1 aromatic rings. The molecule has 1 aliphatic rings. The molecule has 5 heteroatoms. The second-order valence-corrected chi connectivity index (χ2v) is 2.62. The summed E-state index contributed by atoms with van der Waals surface area (Å²) in [5.74, 6) is 0.0496. The SMILES string of the molecule is O=C(O)Cc1cnc2c(c1)OCO2. The van der Waals surface area contributed by atoms with Crippen molar-refractivity contribution in [3.63, 3.8) is 0 Å². The number of nitrogens with zero attached hydrogens (tertiary/aromatic N) is 1. The average Bonchev–Trinajstić information content (AvgIpc) is 2.49. The van der Waals surface area contributed by atoms with Crippen molar-refractivity contribution in [2.75, 3.05) is 6.79 Å². The van der Waals surface area contributed by atoms with Crippen molar-refractivity contribution < 1.29 is 19.4 Å². The molecule has 1 aromatic heterocycles. The third-order valence-electron chi connectivity index (χ3n) is 1.64. The fraction of sp³-hybridized carbons (Fsp3) is 0.250. The van der Waals surface area contributed by atoms with Crippen LogP contribution in [0.4, 0.5) is 0 Å². The van der Waals surface area contributed by atoms with Crippen molar-refractivity contribution in [1.82, 2.24) is 4.98 Å². The largest absolute Gasteiger partial charge is 0.481 e. The summed E-state index contributed by atoms with van der Waals surface area (Å²) in [6.45, 7) is 0.152. The highest BCUT2D eigenvalue weighted by atomic mass is 16.7. The standard InChI is InChI=1S/C8H7NO4/c10-7(11)2-5-1-6-8(9-3-5)13-4-12-6/h1,3H,2,4H2,(H,10,11). The van der Waals surface area contributed by atoms with Gasteiger partial charge in [0, 0.05) is 6.20 Å². The third kappa shape index (κ3) is 1.53. The monoisotopic (exact) mass is 181 g/mol. The first-order chi connectivity index (χ1) is 6.25. The minimum Gasteiger partial charge on any atom is -0.481 e. The number of hydrogen-bond donors (Lipinski definition) is 1. The third-order valence-corrected chi connectivity index (χ3v) is 1.64. The second-order valence-electron chi connectivity index (χ2n) is 2.62. The van der Waals surface area contributed by atoms with Crippen molar-refractivity contribution >= 4 is 5.97 Å². The Hall–Kier alpha value is -1.78. The van der Waals surface area contributed by atoms with Gasteiger partial charge in [0.25, 0.3) is 5.88 Å². The molecule has 0 aromatic carbocycles. The lowest BCUT2D eigenvalue weighted by molar-refractivity contribution is -0.136. The zero-order chi connectivity index (χ0) is 9.26. The number of carbonyl (C=O) groups is 1. The Morgan fingerprint density at radius 3 is 3.23 bits per heavy atom. The fourth-order valence-electron chi connectivity index (χ4n) is 1.10. The molecule has 5 nitrogen and oxygen atoms in total. The van der Waals surface area contributed by atoms with E-state index >= 15 is 0 Å². The van der Waals surface area contributed by atoms with Gasteiger partial charge in [-0.3, -0.25) is 4.79 Å². The summed E-state index contributed by atoms with van der Waals surface area (Å²) >= 11 is 0. The molecule has 0 amide bonds. The van der Waals surface area contributed by atoms with Crippen LogP contribution in [0.3, 0.4) is 0 Å². The molecule has 1 aliphatic heterocycles. The maximum Gasteiger partial charge on any atom is 0.307 e. The molecule has 0 fully saturated rings. The number of carboxylic acid groups (broad SMARTS) is 1. The van der Waals surface area contributed by atoms with Crippen molar-refractivity contribution in [1.29, 1.82) is 0 Å². The van der Waals surface area contributed by atoms with E-state index in [0.717, 1.165) is 0 Å². The van der Waals surface area contributed by atoms with E-state index in [9.17, 15) is 4.79 Å². The predicted molar refractivity (Wildman–Crippen MR) is 41.7 cm³/mol. The molecule has 0 saturated carbocycles. The Balaban J connectivity index is 2.25. The number of pyridine rings is 1. The molecule has 0 radical (unpaired) electrons. The molecule has 13 heavy (non-hydrogen) atoms. The molecule has 0 saturated heterocycles. The Morgan fingerprint density at radius 1 is 1.62 bits per heavy atom. The summed E-state index contributed by atoms with van der Waals surface area (Å²) in [7, 11) is 0. The van der Waals surface area contributed by atoms with Crippen LogP contribution in [0.2, 0.25) is 0 Å². The minimum atomic E-state index is -0.888. The number of ether oxygens (including phenoxy) is 2. The van der Waals surface area contributed by atoms with Gasteiger partial charge in [-0.05, 0) is 11.6 Å². The first-order valence-electron chi connectivity index (χ1n) is 3.72. The Kier molecular flexibility index (Phi) is 1.77. The highest BCUT2D eigenvalue weighted by molar-refractivity contribution is 5.70. The number of rotatable bonds is 2. The average molecular weight is 181 g/mol. The summed E-state index contributed by atoms with van der Waals surface area (Å²) in [5, 5.41) is 8.52. The van der Waals surface area contributed by atoms with Crippen LogP contribution >= 0.6 is 0 Å². The maximum atomic E-state index is 10.4. The summed E-state index contributed by atoms with van der Waals surface area (Å²) in [6.07, 6.45) is 1.42. The van der Waals surface area contributed by atoms with Gasteiger partial charge >= 0.3 is 5.97 Å². The van der Waals surface area contributed by atoms with Crippen LogP contribution in [0.25, 0.3) is 0 Å². The number of aliphatic carboxylic acids is 1. The van der Waals surface area contributed by atoms with E-state index in [1.807, 2.05) is 0 Å². The van der Waals surface area contributed by atoms with Gasteiger partial charge in [-0.2, -0.15) is 0 Å². The molecule has 0 aliphatic carbocycles. The predicted octanol–water partition coefficient (Wildman–Crippen LogP) is 0.437. The van der Waals surface area contributed by atoms with E-state index in [0.29, 0.717) is 17.2 Å². The zero-order valence-corrected chi connectivity index (χ0v) is 6.69. The molecule has 0 unspecified atom stereocenters. The van der Waals surface area contributed by atoms with Crippen LogP contribution < -0.4 is 9.47 Å². The fourth-order valence-corrected chi connectivity index (χ4v) is 1.10. The van der Waals surface area contributed by atoms with Crippen molar-refractivity contribution in [2.24, 2.45) is 0 Å². The Morgan fingerprint density at radius 2 is 2.46 bits per heavy atom. The molecule has 0 spiro atoms. The quantitative estimate of drug-likeness (QED) is 0.716. The van der Waals surface area contributed by atoms with E-state index in [4.69, 9.17) is 14.6 Å². The van der Waals surface area contributed by atoms with Gasteiger partial charge in [-0.15, -0.1) is 0 Å². The number of fused-ring (bicyclic) bond motifs is 1. The highest BCUT2D eigenvalue weighted by Gasteiger charge is 2.15. The van der Waals surface area contributed by atoms with Crippen molar-refractivity contribution in [2.45, 2.75) is 6.42 Å². The van der Waals surface area contributed by atoms with Gasteiger partial charge in [0.15, 0.2) is 5.75 Å². The van der Waals surface area contributed by atoms with Gasteiger partial charge in [-0.1, -0.05) is 0 Å². The lowest BCUT2D eigenvalue weighted by Crippen LogP contribution is -2.00. The van der Waals surface area contributed by atoms with Crippen LogP contribution in [-0.4, -0.2) is 22.9 Å². The Labute approximate surface area is 73.9 Å². The topological polar surface area (TPSA) is 68.7 Å². The normalized spacial score (nSPS) is 12.9. The van der Waals surface area contributed by atoms with Crippen LogP contribution in [0.5, 0.6) is 11.6 Å². The molecule has 2 rings (SSSR count). The molecule has 68 valence electrons. The van der Waals surface area contributed by atoms with Gasteiger partial charge in [-0.25, -0.2) is 4.98 Å². The van der Waals surface area contributed by atoms with Gasteiger partial charge in [0.2, 0.25) is 6.79 Å². The molecule has 1 N–H and O–H groups in total. The summed E-state index contributed by atoms with van der Waals surface area (Å²) < 4.78 is 10.0. The molecular formula is C8H7NO4. The summed E-state index contributed by atoms with van der Waals surface area (Å²) in [5.41, 5.74) is 0.608. The first kappa shape index (κ1) is 7.85. The van der Waals surface area contributed by atoms with Gasteiger partial charge in [0.05, 0.1) is 6.42 Å². The van der Waals surface area contributed by atoms with E-state index in [1.54, 1.807) is 6.07 Å². The second kappa shape index (κ2) is 2.93. The van der Waals surface area contributed by atoms with Crippen LogP contribution in [-0.2, 0) is 11.2 Å². The lowest BCUT2D eigenvalue weighted by atomic mass is 10.2. The zero-order valence-electron chi connectivity index (χ0n) is 6.69. The maximum absolute atomic E-state index is 10.4. The lowest BCUT2D eigenvalue weighted by Gasteiger charge is -1.97. The van der Waals surface area contributed by atoms with Crippen molar-refractivity contribution in [3.8, 4) is 11.6 Å². The van der Waals surface area contributed by atoms with E-state index < -0.39 is 5.97 Å². The highest BCUT2D eigenvalue weighted by Crippen LogP contribution is 2.29. The first-order valence-corrected chi connectivity index (χ1v) is 3.72. The number of carboxylic acids is 1. The summed E-state index contributed by atoms with van der Waals surface area (Å²) in [6, 6.07) is 1.63. The van der Waals surface area contributed by atoms with Crippen LogP contribution in [0, 0.1) is 0 Å². The van der Waals surface area contributed by atoms with Crippen LogP contribution in [0.1, 0.15) is 5.56 Å². The number of hydrogen-bond acceptors (Lipinski definition) is 4. The van der Waals surface area contributed by atoms with Gasteiger partial charge < -0.3 is 14.6 Å². The van der Waals surface area contributed by atoms with E-state index in [1.165, 1.54) is 6.20 Å². The smallest absolute Gasteiger partial charge is 0.307 e. The Bertz CT molecular complexity index is 350. The minimum absolute atomic E-state index is 0.0519. The van der Waals surface area contributed by atoms with E-state index in [-0.39, 0.29) is 13.2 Å². The van der Waals surface area contributed by atoms with E-state index in [2.05, 4.69) is 4.98 Å².